The Balaban J connectivity index is 1.24. The van der Waals surface area contributed by atoms with Crippen LogP contribution in [0.15, 0.2) is 59.4 Å². The molecule has 3 amide bonds. The van der Waals surface area contributed by atoms with E-state index in [2.05, 4.69) is 10.6 Å². The highest BCUT2D eigenvalue weighted by molar-refractivity contribution is 5.93. The highest BCUT2D eigenvalue weighted by Gasteiger charge is 2.38. The molecule has 1 atom stereocenters. The Bertz CT molecular complexity index is 2070. The van der Waals surface area contributed by atoms with Crippen LogP contribution in [0.3, 0.4) is 0 Å². The molecule has 0 saturated carbocycles. The lowest BCUT2D eigenvalue weighted by atomic mass is 9.96. The van der Waals surface area contributed by atoms with E-state index in [1.807, 2.05) is 38.1 Å². The molecule has 1 unspecified atom stereocenters. The SMILES string of the molecule is CC(=O)N(CCc1c2c(nc3ccccc13)-c1cc3c(c(=O)n1C2)COC(=O)C3OC(=O)OCc1ccc(NC(=O)CNC=O)cc1)C(C)C. The molecular formula is C36H35N5O9. The van der Waals surface area contributed by atoms with E-state index >= 15 is 0 Å². The van der Waals surface area contributed by atoms with Crippen molar-refractivity contribution >= 4 is 46.9 Å². The van der Waals surface area contributed by atoms with E-state index in [0.29, 0.717) is 42.0 Å². The Morgan fingerprint density at radius 3 is 2.58 bits per heavy atom. The number of para-hydroxylation sites is 1. The molecule has 50 heavy (non-hydrogen) atoms. The van der Waals surface area contributed by atoms with Crippen LogP contribution in [0, 0.1) is 0 Å². The number of nitrogens with zero attached hydrogens (tertiary/aromatic N) is 3. The molecule has 2 aliphatic rings. The molecule has 4 aromatic rings. The summed E-state index contributed by atoms with van der Waals surface area (Å²) < 4.78 is 17.6. The van der Waals surface area contributed by atoms with Crippen molar-refractivity contribution in [1.29, 1.82) is 0 Å². The molecule has 2 aromatic carbocycles. The number of rotatable bonds is 11. The lowest BCUT2D eigenvalue weighted by Gasteiger charge is -2.26. The van der Waals surface area contributed by atoms with Gasteiger partial charge in [0.2, 0.25) is 24.3 Å². The fourth-order valence-electron chi connectivity index (χ4n) is 6.35. The van der Waals surface area contributed by atoms with Crippen molar-refractivity contribution in [2.45, 2.75) is 59.1 Å². The molecule has 0 radical (unpaired) electrons. The van der Waals surface area contributed by atoms with Gasteiger partial charge in [-0.05, 0) is 55.7 Å². The number of pyridine rings is 2. The molecule has 0 saturated heterocycles. The maximum absolute atomic E-state index is 13.9. The van der Waals surface area contributed by atoms with Gasteiger partial charge in [0.15, 0.2) is 0 Å². The third kappa shape index (κ3) is 6.77. The molecule has 0 bridgehead atoms. The van der Waals surface area contributed by atoms with E-state index in [4.69, 9.17) is 19.2 Å². The van der Waals surface area contributed by atoms with Gasteiger partial charge in [-0.1, -0.05) is 30.3 Å². The third-order valence-electron chi connectivity index (χ3n) is 8.75. The number of carbonyl (C=O) groups is 5. The highest BCUT2D eigenvalue weighted by atomic mass is 16.7. The van der Waals surface area contributed by atoms with Crippen LogP contribution in [-0.2, 0) is 59.6 Å². The predicted molar refractivity (Wildman–Crippen MR) is 180 cm³/mol. The van der Waals surface area contributed by atoms with Crippen molar-refractivity contribution < 1.29 is 38.2 Å². The minimum atomic E-state index is -1.54. The Morgan fingerprint density at radius 1 is 1.10 bits per heavy atom. The Hall–Kier alpha value is -6.05. The number of fused-ring (bicyclic) bond motifs is 5. The van der Waals surface area contributed by atoms with E-state index in [0.717, 1.165) is 22.0 Å². The van der Waals surface area contributed by atoms with Gasteiger partial charge in [-0.25, -0.2) is 14.6 Å². The maximum Gasteiger partial charge on any atom is 0.509 e. The van der Waals surface area contributed by atoms with Crippen LogP contribution in [0.1, 0.15) is 54.7 Å². The van der Waals surface area contributed by atoms with Gasteiger partial charge in [-0.15, -0.1) is 0 Å². The number of hydrogen-bond acceptors (Lipinski definition) is 10. The zero-order valence-electron chi connectivity index (χ0n) is 27.7. The summed E-state index contributed by atoms with van der Waals surface area (Å²) in [5.41, 5.74) is 4.65. The number of cyclic esters (lactones) is 1. The summed E-state index contributed by atoms with van der Waals surface area (Å²) in [6.45, 7) is 5.54. The summed E-state index contributed by atoms with van der Waals surface area (Å²) in [4.78, 5) is 80.9. The number of esters is 1. The summed E-state index contributed by atoms with van der Waals surface area (Å²) in [6, 6.07) is 15.8. The van der Waals surface area contributed by atoms with Crippen LogP contribution in [0.25, 0.3) is 22.3 Å². The average Bonchev–Trinajstić information content (AvgIpc) is 3.46. The lowest BCUT2D eigenvalue weighted by Crippen LogP contribution is -2.36. The first kappa shape index (κ1) is 33.8. The fraction of sp³-hybridized carbons (Fsp3) is 0.306. The fourth-order valence-corrected chi connectivity index (χ4v) is 6.35. The maximum atomic E-state index is 13.9. The van der Waals surface area contributed by atoms with E-state index in [-0.39, 0.29) is 54.9 Å². The second kappa shape index (κ2) is 14.2. The third-order valence-corrected chi connectivity index (χ3v) is 8.75. The second-order valence-electron chi connectivity index (χ2n) is 12.2. The monoisotopic (exact) mass is 681 g/mol. The summed E-state index contributed by atoms with van der Waals surface area (Å²) >= 11 is 0. The topological polar surface area (TPSA) is 175 Å². The molecule has 0 fully saturated rings. The number of hydrogen-bond donors (Lipinski definition) is 2. The molecular weight excluding hydrogens is 646 g/mol. The number of ether oxygens (including phenoxy) is 3. The Labute approximate surface area is 286 Å². The van der Waals surface area contributed by atoms with Crippen molar-refractivity contribution in [2.75, 3.05) is 18.4 Å². The first-order valence-electron chi connectivity index (χ1n) is 16.1. The number of carbonyl (C=O) groups excluding carboxylic acids is 5. The minimum Gasteiger partial charge on any atom is -0.458 e. The number of amides is 3. The molecule has 14 heteroatoms. The standard InChI is InChI=1S/C36H35N5O9/c1-20(2)40(21(3)43)13-12-24-25-6-4-5-7-29(25)39-32-27(24)16-41-30(32)14-26-28(34(41)45)18-48-35(46)33(26)50-36(47)49-17-22-8-10-23(11-9-22)38-31(44)15-37-19-42/h4-11,14,19-20,33H,12-13,15-18H2,1-3H3,(H,37,42)(H,38,44). The molecule has 14 nitrogen and oxygen atoms in total. The molecule has 258 valence electrons. The molecule has 2 aliphatic heterocycles. The van der Waals surface area contributed by atoms with Crippen LogP contribution >= 0.6 is 0 Å². The van der Waals surface area contributed by atoms with Crippen LogP contribution in [0.4, 0.5) is 10.5 Å². The second-order valence-corrected chi connectivity index (χ2v) is 12.2. The smallest absolute Gasteiger partial charge is 0.458 e. The van der Waals surface area contributed by atoms with Gasteiger partial charge in [-0.2, -0.15) is 0 Å². The summed E-state index contributed by atoms with van der Waals surface area (Å²) in [7, 11) is 0. The van der Waals surface area contributed by atoms with Gasteiger partial charge >= 0.3 is 12.1 Å². The Morgan fingerprint density at radius 2 is 1.86 bits per heavy atom. The van der Waals surface area contributed by atoms with Gasteiger partial charge in [0.25, 0.3) is 5.56 Å². The van der Waals surface area contributed by atoms with Crippen LogP contribution in [0.2, 0.25) is 0 Å². The number of aromatic nitrogens is 2. The molecule has 4 heterocycles. The number of benzene rings is 2. The van der Waals surface area contributed by atoms with Gasteiger partial charge < -0.3 is 34.3 Å². The zero-order chi connectivity index (χ0) is 35.5. The molecule has 0 spiro atoms. The summed E-state index contributed by atoms with van der Waals surface area (Å²) in [6.07, 6.45) is -1.72. The summed E-state index contributed by atoms with van der Waals surface area (Å²) in [5, 5.41) is 5.80. The highest BCUT2D eigenvalue weighted by Crippen LogP contribution is 2.39. The first-order valence-corrected chi connectivity index (χ1v) is 16.1. The van der Waals surface area contributed by atoms with Crippen molar-refractivity contribution in [3.8, 4) is 11.4 Å². The molecule has 2 N–H and O–H groups in total. The lowest BCUT2D eigenvalue weighted by molar-refractivity contribution is -0.159. The van der Waals surface area contributed by atoms with Crippen molar-refractivity contribution in [3.05, 3.63) is 92.8 Å². The average molecular weight is 682 g/mol. The van der Waals surface area contributed by atoms with E-state index in [9.17, 15) is 28.8 Å². The van der Waals surface area contributed by atoms with E-state index < -0.39 is 24.1 Å². The Kier molecular flexibility index (Phi) is 9.61. The van der Waals surface area contributed by atoms with Crippen molar-refractivity contribution in [3.63, 3.8) is 0 Å². The van der Waals surface area contributed by atoms with Crippen LogP contribution < -0.4 is 16.2 Å². The molecule has 0 aliphatic carbocycles. The van der Waals surface area contributed by atoms with Gasteiger partial charge in [-0.3, -0.25) is 19.2 Å². The largest absolute Gasteiger partial charge is 0.509 e. The molecule has 6 rings (SSSR count). The van der Waals surface area contributed by atoms with E-state index in [1.165, 1.54) is 0 Å². The first-order chi connectivity index (χ1) is 24.0. The quantitative estimate of drug-likeness (QED) is 0.155. The normalized spacial score (nSPS) is 14.2. The van der Waals surface area contributed by atoms with Crippen LogP contribution in [0.5, 0.6) is 0 Å². The summed E-state index contributed by atoms with van der Waals surface area (Å²) in [5.74, 6) is -1.28. The van der Waals surface area contributed by atoms with E-state index in [1.54, 1.807) is 46.7 Å². The number of nitrogens with one attached hydrogen (secondary N) is 2. The van der Waals surface area contributed by atoms with Gasteiger partial charge in [0.05, 0.1) is 35.6 Å². The minimum absolute atomic E-state index is 0.0136. The molecule has 2 aromatic heterocycles. The van der Waals surface area contributed by atoms with Crippen LogP contribution in [-0.4, -0.2) is 63.9 Å². The van der Waals surface area contributed by atoms with Gasteiger partial charge in [0, 0.05) is 41.7 Å². The number of anilines is 1. The zero-order valence-corrected chi connectivity index (χ0v) is 27.7. The predicted octanol–water partition coefficient (Wildman–Crippen LogP) is 3.36. The van der Waals surface area contributed by atoms with Crippen molar-refractivity contribution in [1.82, 2.24) is 19.8 Å². The van der Waals surface area contributed by atoms with Crippen molar-refractivity contribution in [2.24, 2.45) is 0 Å². The van der Waals surface area contributed by atoms with Gasteiger partial charge in [0.1, 0.15) is 13.2 Å².